The van der Waals surface area contributed by atoms with Gasteiger partial charge < -0.3 is 24.5 Å². The number of hydrogen-bond donors (Lipinski definition) is 2. The van der Waals surface area contributed by atoms with E-state index in [2.05, 4.69) is 4.98 Å². The number of carboxylic acid groups (broad SMARTS) is 1. The number of carbonyl (C=O) groups excluding carboxylic acids is 1. The molecule has 1 aliphatic rings. The number of rotatable bonds is 7. The van der Waals surface area contributed by atoms with Gasteiger partial charge in [0.2, 0.25) is 0 Å². The molecule has 0 spiro atoms. The van der Waals surface area contributed by atoms with E-state index in [0.717, 1.165) is 29.5 Å². The van der Waals surface area contributed by atoms with Crippen molar-refractivity contribution in [3.05, 3.63) is 30.0 Å². The molecule has 7 nitrogen and oxygen atoms in total. The van der Waals surface area contributed by atoms with E-state index >= 15 is 0 Å². The van der Waals surface area contributed by atoms with Crippen molar-refractivity contribution in [1.29, 1.82) is 0 Å². The van der Waals surface area contributed by atoms with Crippen LogP contribution in [0.5, 0.6) is 5.75 Å². The number of amides is 1. The molecular weight excluding hydrogens is 336 g/mol. The summed E-state index contributed by atoms with van der Waals surface area (Å²) >= 11 is 0. The molecule has 0 bridgehead atoms. The largest absolute Gasteiger partial charge is 0.494 e. The molecule has 0 saturated carbocycles. The van der Waals surface area contributed by atoms with Crippen molar-refractivity contribution in [2.75, 3.05) is 26.4 Å². The Balaban J connectivity index is 1.84. The monoisotopic (exact) mass is 360 g/mol. The maximum Gasteiger partial charge on any atom is 0.305 e. The first-order chi connectivity index (χ1) is 12.6. The van der Waals surface area contributed by atoms with E-state index in [1.807, 2.05) is 25.1 Å². The van der Waals surface area contributed by atoms with Gasteiger partial charge in [-0.15, -0.1) is 0 Å². The van der Waals surface area contributed by atoms with E-state index in [1.54, 1.807) is 11.0 Å². The molecule has 0 radical (unpaired) electrons. The minimum Gasteiger partial charge on any atom is -0.494 e. The maximum absolute atomic E-state index is 13.1. The molecule has 2 heterocycles. The van der Waals surface area contributed by atoms with Gasteiger partial charge in [0.25, 0.3) is 5.91 Å². The standard InChI is InChI=1S/C19H24N2O5/c1-2-26-15-4-3-13-11-17(20-16(13)12-15)19(24)21(8-5-18(22)23)14-6-9-25-10-7-14/h3-4,11-12,14,20H,2,5-10H2,1H3,(H,22,23). The first-order valence-corrected chi connectivity index (χ1v) is 8.94. The molecule has 1 amide bonds. The van der Waals surface area contributed by atoms with Crippen molar-refractivity contribution >= 4 is 22.8 Å². The van der Waals surface area contributed by atoms with Gasteiger partial charge in [0.15, 0.2) is 0 Å². The molecular formula is C19H24N2O5. The Bertz CT molecular complexity index is 779. The summed E-state index contributed by atoms with van der Waals surface area (Å²) in [6, 6.07) is 7.45. The molecule has 140 valence electrons. The third-order valence-electron chi connectivity index (χ3n) is 4.59. The third kappa shape index (κ3) is 4.16. The van der Waals surface area contributed by atoms with Crippen LogP contribution in [-0.2, 0) is 9.53 Å². The predicted molar refractivity (Wildman–Crippen MR) is 96.6 cm³/mol. The zero-order chi connectivity index (χ0) is 18.5. The minimum atomic E-state index is -0.909. The molecule has 26 heavy (non-hydrogen) atoms. The van der Waals surface area contributed by atoms with Crippen molar-refractivity contribution in [3.8, 4) is 5.75 Å². The van der Waals surface area contributed by atoms with Gasteiger partial charge in [0, 0.05) is 42.8 Å². The second-order valence-corrected chi connectivity index (χ2v) is 6.35. The number of aliphatic carboxylic acids is 1. The molecule has 7 heteroatoms. The van der Waals surface area contributed by atoms with Crippen LogP contribution in [-0.4, -0.2) is 59.3 Å². The average molecular weight is 360 g/mol. The number of ether oxygens (including phenoxy) is 2. The smallest absolute Gasteiger partial charge is 0.305 e. The fourth-order valence-electron chi connectivity index (χ4n) is 3.30. The normalized spacial score (nSPS) is 15.1. The number of H-pyrrole nitrogens is 1. The zero-order valence-corrected chi connectivity index (χ0v) is 14.9. The lowest BCUT2D eigenvalue weighted by Crippen LogP contribution is -2.44. The summed E-state index contributed by atoms with van der Waals surface area (Å²) in [6.45, 7) is 3.86. The molecule has 0 unspecified atom stereocenters. The summed E-state index contributed by atoms with van der Waals surface area (Å²) in [5, 5.41) is 9.94. The van der Waals surface area contributed by atoms with Gasteiger partial charge in [-0.1, -0.05) is 0 Å². The molecule has 1 aromatic carbocycles. The van der Waals surface area contributed by atoms with E-state index in [-0.39, 0.29) is 24.9 Å². The van der Waals surface area contributed by atoms with Crippen LogP contribution in [0, 0.1) is 0 Å². The summed E-state index contributed by atoms with van der Waals surface area (Å²) < 4.78 is 10.9. The van der Waals surface area contributed by atoms with Crippen molar-refractivity contribution in [3.63, 3.8) is 0 Å². The highest BCUT2D eigenvalue weighted by molar-refractivity contribution is 5.98. The lowest BCUT2D eigenvalue weighted by Gasteiger charge is -2.33. The molecule has 1 aromatic heterocycles. The molecule has 3 rings (SSSR count). The number of carboxylic acids is 1. The number of hydrogen-bond acceptors (Lipinski definition) is 4. The van der Waals surface area contributed by atoms with E-state index in [1.165, 1.54) is 0 Å². The lowest BCUT2D eigenvalue weighted by atomic mass is 10.1. The molecule has 1 saturated heterocycles. The first-order valence-electron chi connectivity index (χ1n) is 8.94. The highest BCUT2D eigenvalue weighted by Gasteiger charge is 2.28. The van der Waals surface area contributed by atoms with Gasteiger partial charge >= 0.3 is 5.97 Å². The summed E-state index contributed by atoms with van der Waals surface area (Å²) in [6.07, 6.45) is 1.37. The van der Waals surface area contributed by atoms with Crippen LogP contribution in [0.25, 0.3) is 10.9 Å². The first kappa shape index (κ1) is 18.3. The zero-order valence-electron chi connectivity index (χ0n) is 14.9. The van der Waals surface area contributed by atoms with Crippen molar-refractivity contribution in [2.45, 2.75) is 32.2 Å². The Labute approximate surface area is 151 Å². The molecule has 2 N–H and O–H groups in total. The third-order valence-corrected chi connectivity index (χ3v) is 4.59. The highest BCUT2D eigenvalue weighted by Crippen LogP contribution is 2.24. The maximum atomic E-state index is 13.1. The van der Waals surface area contributed by atoms with Crippen LogP contribution >= 0.6 is 0 Å². The molecule has 1 aliphatic heterocycles. The van der Waals surface area contributed by atoms with E-state index in [4.69, 9.17) is 14.6 Å². The van der Waals surface area contributed by atoms with Crippen LogP contribution in [0.1, 0.15) is 36.7 Å². The number of nitrogens with zero attached hydrogens (tertiary/aromatic N) is 1. The quantitative estimate of drug-likeness (QED) is 0.792. The van der Waals surface area contributed by atoms with E-state index in [9.17, 15) is 9.59 Å². The van der Waals surface area contributed by atoms with Gasteiger partial charge in [-0.25, -0.2) is 0 Å². The van der Waals surface area contributed by atoms with Crippen LogP contribution in [0.3, 0.4) is 0 Å². The van der Waals surface area contributed by atoms with Gasteiger partial charge in [-0.05, 0) is 38.0 Å². The minimum absolute atomic E-state index is 0.000924. The summed E-state index contributed by atoms with van der Waals surface area (Å²) in [5.74, 6) is -0.340. The number of aromatic nitrogens is 1. The number of nitrogens with one attached hydrogen (secondary N) is 1. The topological polar surface area (TPSA) is 91.9 Å². The van der Waals surface area contributed by atoms with Gasteiger partial charge in [0.1, 0.15) is 11.4 Å². The Kier molecular flexibility index (Phi) is 5.78. The molecule has 0 atom stereocenters. The average Bonchev–Trinajstić information content (AvgIpc) is 3.06. The number of fused-ring (bicyclic) bond motifs is 1. The van der Waals surface area contributed by atoms with Crippen molar-refractivity contribution in [2.24, 2.45) is 0 Å². The number of aromatic amines is 1. The van der Waals surface area contributed by atoms with Gasteiger partial charge in [-0.3, -0.25) is 9.59 Å². The van der Waals surface area contributed by atoms with E-state index in [0.29, 0.717) is 25.5 Å². The molecule has 2 aromatic rings. The summed E-state index contributed by atoms with van der Waals surface area (Å²) in [7, 11) is 0. The van der Waals surface area contributed by atoms with Crippen LogP contribution in [0.2, 0.25) is 0 Å². The van der Waals surface area contributed by atoms with Crippen LogP contribution < -0.4 is 4.74 Å². The second kappa shape index (κ2) is 8.23. The Hall–Kier alpha value is -2.54. The Morgan fingerprint density at radius 3 is 2.77 bits per heavy atom. The Morgan fingerprint density at radius 1 is 1.31 bits per heavy atom. The summed E-state index contributed by atoms with van der Waals surface area (Å²) in [5.41, 5.74) is 1.29. The van der Waals surface area contributed by atoms with Crippen molar-refractivity contribution < 1.29 is 24.2 Å². The lowest BCUT2D eigenvalue weighted by molar-refractivity contribution is -0.137. The fraction of sp³-hybridized carbons (Fsp3) is 0.474. The predicted octanol–water partition coefficient (Wildman–Crippen LogP) is 2.66. The van der Waals surface area contributed by atoms with Crippen LogP contribution in [0.15, 0.2) is 24.3 Å². The summed E-state index contributed by atoms with van der Waals surface area (Å²) in [4.78, 5) is 28.9. The number of benzene rings is 1. The molecule has 0 aliphatic carbocycles. The Morgan fingerprint density at radius 2 is 2.08 bits per heavy atom. The number of carbonyl (C=O) groups is 2. The second-order valence-electron chi connectivity index (χ2n) is 6.35. The van der Waals surface area contributed by atoms with Crippen molar-refractivity contribution in [1.82, 2.24) is 9.88 Å². The highest BCUT2D eigenvalue weighted by atomic mass is 16.5. The SMILES string of the molecule is CCOc1ccc2cc(C(=O)N(CCC(=O)O)C3CCOCC3)[nH]c2c1. The fourth-order valence-corrected chi connectivity index (χ4v) is 3.30. The van der Waals surface area contributed by atoms with Crippen LogP contribution in [0.4, 0.5) is 0 Å². The van der Waals surface area contributed by atoms with Gasteiger partial charge in [0.05, 0.1) is 13.0 Å². The van der Waals surface area contributed by atoms with E-state index < -0.39 is 5.97 Å². The molecule has 1 fully saturated rings. The van der Waals surface area contributed by atoms with Gasteiger partial charge in [-0.2, -0.15) is 0 Å².